The van der Waals surface area contributed by atoms with E-state index >= 15 is 0 Å². The van der Waals surface area contributed by atoms with Crippen LogP contribution in [-0.4, -0.2) is 23.2 Å². The van der Waals surface area contributed by atoms with Gasteiger partial charge in [0.1, 0.15) is 4.88 Å². The average molecular weight is 301 g/mol. The predicted molar refractivity (Wildman–Crippen MR) is 71.4 cm³/mol. The Bertz CT molecular complexity index is 387. The largest absolute Gasteiger partial charge is 0.344 e. The maximum Gasteiger partial charge on any atom is 0.263 e. The molecule has 0 unspecified atom stereocenters. The van der Waals surface area contributed by atoms with Crippen molar-refractivity contribution >= 4 is 52.0 Å². The van der Waals surface area contributed by atoms with Gasteiger partial charge in [-0.05, 0) is 24.8 Å². The number of aryl methyl sites for hydroxylation is 1. The van der Waals surface area contributed by atoms with Crippen molar-refractivity contribution in [2.45, 2.75) is 19.4 Å². The van der Waals surface area contributed by atoms with Gasteiger partial charge in [0.15, 0.2) is 0 Å². The van der Waals surface area contributed by atoms with E-state index in [1.807, 2.05) is 12.3 Å². The highest BCUT2D eigenvalue weighted by atomic mass is 35.5. The fourth-order valence-electron chi connectivity index (χ4n) is 1.02. The third kappa shape index (κ3) is 3.04. The molecule has 1 N–H and O–H groups in total. The quantitative estimate of drug-likeness (QED) is 0.845. The lowest BCUT2D eigenvalue weighted by molar-refractivity contribution is 0.0925. The maximum atomic E-state index is 11.9. The van der Waals surface area contributed by atoms with Crippen molar-refractivity contribution in [1.82, 2.24) is 5.32 Å². The molecular weight excluding hydrogens is 289 g/mol. The Hall–Kier alpha value is 0.0400. The molecule has 0 radical (unpaired) electrons. The smallest absolute Gasteiger partial charge is 0.263 e. The van der Waals surface area contributed by atoms with Gasteiger partial charge in [-0.1, -0.05) is 11.6 Å². The van der Waals surface area contributed by atoms with Gasteiger partial charge in [-0.2, -0.15) is 0 Å². The highest BCUT2D eigenvalue weighted by Gasteiger charge is 2.26. The van der Waals surface area contributed by atoms with Crippen molar-refractivity contribution in [3.8, 4) is 0 Å². The number of hydrogen-bond donors (Lipinski definition) is 1. The number of nitrogens with one attached hydrogen (secondary N) is 1. The summed E-state index contributed by atoms with van der Waals surface area (Å²) in [6.45, 7) is 3.65. The van der Waals surface area contributed by atoms with E-state index in [1.54, 1.807) is 6.92 Å². The van der Waals surface area contributed by atoms with Crippen LogP contribution in [0.5, 0.6) is 0 Å². The van der Waals surface area contributed by atoms with E-state index in [9.17, 15) is 4.79 Å². The van der Waals surface area contributed by atoms with Crippen molar-refractivity contribution in [2.75, 3.05) is 11.8 Å². The second-order valence-corrected chi connectivity index (χ2v) is 5.64. The summed E-state index contributed by atoms with van der Waals surface area (Å²) < 4.78 is 0. The molecule has 6 heteroatoms. The summed E-state index contributed by atoms with van der Waals surface area (Å²) >= 11 is 18.8. The minimum Gasteiger partial charge on any atom is -0.344 e. The van der Waals surface area contributed by atoms with Gasteiger partial charge in [-0.3, -0.25) is 4.79 Å². The van der Waals surface area contributed by atoms with Crippen LogP contribution >= 0.6 is 46.1 Å². The Labute approximate surface area is 114 Å². The summed E-state index contributed by atoms with van der Waals surface area (Å²) in [6, 6.07) is 0. The van der Waals surface area contributed by atoms with Gasteiger partial charge in [-0.15, -0.1) is 34.5 Å². The molecule has 1 heterocycles. The number of halogens is 3. The van der Waals surface area contributed by atoms with Crippen LogP contribution in [0.15, 0.2) is 5.38 Å². The Morgan fingerprint density at radius 3 is 2.44 bits per heavy atom. The molecule has 0 spiro atoms. The van der Waals surface area contributed by atoms with Crippen LogP contribution in [-0.2, 0) is 0 Å². The number of carbonyl (C=O) groups excluding carboxylic acids is 1. The molecule has 16 heavy (non-hydrogen) atoms. The van der Waals surface area contributed by atoms with Gasteiger partial charge in [0.25, 0.3) is 5.91 Å². The Morgan fingerprint density at radius 1 is 1.50 bits per heavy atom. The molecule has 0 bridgehead atoms. The zero-order valence-corrected chi connectivity index (χ0v) is 12.0. The molecule has 1 amide bonds. The van der Waals surface area contributed by atoms with Crippen LogP contribution in [0.1, 0.15) is 22.2 Å². The summed E-state index contributed by atoms with van der Waals surface area (Å²) in [5, 5.41) is 5.12. The number of thiophene rings is 1. The first kappa shape index (κ1) is 14.1. The van der Waals surface area contributed by atoms with Gasteiger partial charge < -0.3 is 5.32 Å². The molecule has 0 aliphatic heterocycles. The Kier molecular flexibility index (Phi) is 4.92. The number of rotatable bonds is 4. The van der Waals surface area contributed by atoms with E-state index in [1.165, 1.54) is 11.3 Å². The lowest BCUT2D eigenvalue weighted by Crippen LogP contribution is -2.49. The van der Waals surface area contributed by atoms with Crippen molar-refractivity contribution in [1.29, 1.82) is 0 Å². The molecule has 0 aliphatic carbocycles. The second-order valence-electron chi connectivity index (χ2n) is 3.84. The Balaban J connectivity index is 2.84. The highest BCUT2D eigenvalue weighted by molar-refractivity contribution is 7.13. The van der Waals surface area contributed by atoms with Gasteiger partial charge >= 0.3 is 0 Å². The summed E-state index contributed by atoms with van der Waals surface area (Å²) in [4.78, 5) is 12.4. The van der Waals surface area contributed by atoms with E-state index in [0.29, 0.717) is 9.90 Å². The fourth-order valence-corrected chi connectivity index (χ4v) is 2.61. The normalized spacial score (nSPS) is 11.6. The number of alkyl halides is 2. The SMILES string of the molecule is Cc1csc(C(=O)NC(C)(CCl)CCl)c1Cl. The van der Waals surface area contributed by atoms with Crippen molar-refractivity contribution < 1.29 is 4.79 Å². The van der Waals surface area contributed by atoms with Crippen LogP contribution in [0.25, 0.3) is 0 Å². The van der Waals surface area contributed by atoms with Gasteiger partial charge in [0, 0.05) is 11.8 Å². The van der Waals surface area contributed by atoms with E-state index in [0.717, 1.165) is 5.56 Å². The fraction of sp³-hybridized carbons (Fsp3) is 0.500. The first-order chi connectivity index (χ1) is 7.43. The average Bonchev–Trinajstić information content (AvgIpc) is 2.59. The molecule has 2 nitrogen and oxygen atoms in total. The zero-order chi connectivity index (χ0) is 12.3. The van der Waals surface area contributed by atoms with E-state index in [-0.39, 0.29) is 17.7 Å². The Morgan fingerprint density at radius 2 is 2.06 bits per heavy atom. The lowest BCUT2D eigenvalue weighted by Gasteiger charge is -2.25. The molecular formula is C10H12Cl3NOS. The summed E-state index contributed by atoms with van der Waals surface area (Å²) in [6.07, 6.45) is 0. The van der Waals surface area contributed by atoms with Gasteiger partial charge in [-0.25, -0.2) is 0 Å². The number of amides is 1. The highest BCUT2D eigenvalue weighted by Crippen LogP contribution is 2.27. The van der Waals surface area contributed by atoms with Crippen LogP contribution < -0.4 is 5.32 Å². The molecule has 0 fully saturated rings. The summed E-state index contributed by atoms with van der Waals surface area (Å²) in [5.41, 5.74) is 0.289. The summed E-state index contributed by atoms with van der Waals surface area (Å²) in [5.74, 6) is 0.279. The van der Waals surface area contributed by atoms with Gasteiger partial charge in [0.05, 0.1) is 10.6 Å². The minimum absolute atomic E-state index is 0.230. The minimum atomic E-state index is -0.610. The van der Waals surface area contributed by atoms with E-state index in [4.69, 9.17) is 34.8 Å². The molecule has 1 rings (SSSR count). The van der Waals surface area contributed by atoms with Crippen molar-refractivity contribution in [2.24, 2.45) is 0 Å². The zero-order valence-electron chi connectivity index (χ0n) is 8.94. The van der Waals surface area contributed by atoms with E-state index < -0.39 is 5.54 Å². The lowest BCUT2D eigenvalue weighted by atomic mass is 10.1. The van der Waals surface area contributed by atoms with E-state index in [2.05, 4.69) is 5.32 Å². The van der Waals surface area contributed by atoms with Crippen LogP contribution in [0.4, 0.5) is 0 Å². The monoisotopic (exact) mass is 299 g/mol. The third-order valence-electron chi connectivity index (χ3n) is 2.11. The van der Waals surface area contributed by atoms with Crippen LogP contribution in [0, 0.1) is 6.92 Å². The predicted octanol–water partition coefficient (Wildman–Crippen LogP) is 3.68. The topological polar surface area (TPSA) is 29.1 Å². The first-order valence-corrected chi connectivity index (χ1v) is 6.94. The van der Waals surface area contributed by atoms with Crippen molar-refractivity contribution in [3.05, 3.63) is 20.8 Å². The molecule has 90 valence electrons. The molecule has 0 saturated heterocycles. The first-order valence-electron chi connectivity index (χ1n) is 4.61. The second kappa shape index (κ2) is 5.58. The standard InChI is InChI=1S/C10H12Cl3NOS/c1-6-3-16-8(7(6)13)9(15)14-10(2,4-11)5-12/h3H,4-5H2,1-2H3,(H,14,15). The van der Waals surface area contributed by atoms with Crippen LogP contribution in [0.2, 0.25) is 5.02 Å². The third-order valence-corrected chi connectivity index (χ3v) is 4.99. The number of hydrogen-bond acceptors (Lipinski definition) is 2. The van der Waals surface area contributed by atoms with Crippen LogP contribution in [0.3, 0.4) is 0 Å². The molecule has 1 aromatic heterocycles. The molecule has 1 aromatic rings. The summed E-state index contributed by atoms with van der Waals surface area (Å²) in [7, 11) is 0. The van der Waals surface area contributed by atoms with Gasteiger partial charge in [0.2, 0.25) is 0 Å². The molecule has 0 aromatic carbocycles. The van der Waals surface area contributed by atoms with Crippen molar-refractivity contribution in [3.63, 3.8) is 0 Å². The molecule has 0 aliphatic rings. The molecule has 0 saturated carbocycles. The number of carbonyl (C=O) groups is 1. The maximum absolute atomic E-state index is 11.9. The molecule has 0 atom stereocenters.